The first-order valence-corrected chi connectivity index (χ1v) is 6.29. The molecule has 0 aliphatic heterocycles. The second-order valence-electron chi connectivity index (χ2n) is 4.21. The fraction of sp³-hybridized carbons (Fsp3) is 0.583. The molecule has 0 aromatic rings. The van der Waals surface area contributed by atoms with E-state index in [4.69, 9.17) is 11.7 Å². The number of unbranched alkanes of at least 4 members (excludes halogenated alkanes) is 1. The molecule has 0 atom stereocenters. The molecule has 0 heterocycles. The fourth-order valence-corrected chi connectivity index (χ4v) is 1.06. The average Bonchev–Trinajstić information content (AvgIpc) is 2.42. The van der Waals surface area contributed by atoms with E-state index in [0.29, 0.717) is 25.7 Å². The van der Waals surface area contributed by atoms with Crippen LogP contribution in [0.1, 0.15) is 39.5 Å². The summed E-state index contributed by atoms with van der Waals surface area (Å²) in [6.07, 6.45) is 3.22. The molecule has 0 fully saturated rings. The quantitative estimate of drug-likeness (QED) is 0.137. The fourth-order valence-electron chi connectivity index (χ4n) is 1.06. The van der Waals surface area contributed by atoms with Gasteiger partial charge in [-0.3, -0.25) is 25.2 Å². The number of hydrogen-bond donors (Lipinski definition) is 5. The lowest BCUT2D eigenvalue weighted by Gasteiger charge is -2.02. The minimum absolute atomic E-state index is 0.111. The largest absolute Gasteiger partial charge is 0.350 e. The Morgan fingerprint density at radius 2 is 1.45 bits per heavy atom. The van der Waals surface area contributed by atoms with Crippen LogP contribution in [0, 0.1) is 0 Å². The third-order valence-electron chi connectivity index (χ3n) is 2.00. The zero-order valence-corrected chi connectivity index (χ0v) is 12.1. The zero-order valence-electron chi connectivity index (χ0n) is 12.1. The topological polar surface area (TPSA) is 139 Å². The van der Waals surface area contributed by atoms with Crippen LogP contribution < -0.4 is 27.9 Å². The predicted molar refractivity (Wildman–Crippen MR) is 76.6 cm³/mol. The van der Waals surface area contributed by atoms with E-state index in [1.54, 1.807) is 0 Å². The van der Waals surface area contributed by atoms with Crippen molar-refractivity contribution in [2.75, 3.05) is 0 Å². The van der Waals surface area contributed by atoms with Gasteiger partial charge in [-0.1, -0.05) is 6.58 Å². The maximum absolute atomic E-state index is 10.6. The molecule has 0 aliphatic carbocycles. The summed E-state index contributed by atoms with van der Waals surface area (Å²) in [5.74, 6) is 9.13. The molecule has 20 heavy (non-hydrogen) atoms. The normalized spacial score (nSPS) is 9.05. The van der Waals surface area contributed by atoms with E-state index in [1.165, 1.54) is 6.08 Å². The van der Waals surface area contributed by atoms with Gasteiger partial charge >= 0.3 is 0 Å². The van der Waals surface area contributed by atoms with Gasteiger partial charge < -0.3 is 5.32 Å². The Balaban J connectivity index is 0. The van der Waals surface area contributed by atoms with Crippen molar-refractivity contribution in [3.63, 3.8) is 0 Å². The van der Waals surface area contributed by atoms with Gasteiger partial charge in [0, 0.05) is 18.9 Å². The van der Waals surface area contributed by atoms with Gasteiger partial charge in [-0.05, 0) is 32.8 Å². The van der Waals surface area contributed by atoms with Gasteiger partial charge in [0.05, 0.1) is 0 Å². The maximum Gasteiger partial charge on any atom is 0.243 e. The van der Waals surface area contributed by atoms with E-state index in [-0.39, 0.29) is 23.8 Å². The smallest absolute Gasteiger partial charge is 0.243 e. The standard InChI is InChI=1S/C6H14N4O2.C6H11NO/c7-9-5(11)3-1-2-4-6(12)10-8;1-4-6(8)7-5(2)3/h1-4,7-8H2,(H,9,11)(H,10,12);4-5H,1H2,2-3H3,(H,7,8). The van der Waals surface area contributed by atoms with E-state index >= 15 is 0 Å². The van der Waals surface area contributed by atoms with Crippen LogP contribution >= 0.6 is 0 Å². The molecular weight excluding hydrogens is 262 g/mol. The van der Waals surface area contributed by atoms with Gasteiger partial charge in [0.25, 0.3) is 0 Å². The first-order valence-electron chi connectivity index (χ1n) is 6.29. The molecular formula is C12H25N5O3. The van der Waals surface area contributed by atoms with Crippen molar-refractivity contribution >= 4 is 17.7 Å². The zero-order chi connectivity index (χ0) is 16.0. The highest BCUT2D eigenvalue weighted by Crippen LogP contribution is 1.98. The summed E-state index contributed by atoms with van der Waals surface area (Å²) in [6.45, 7) is 7.11. The number of carbonyl (C=O) groups is 3. The molecule has 0 aromatic carbocycles. The highest BCUT2D eigenvalue weighted by molar-refractivity contribution is 5.86. The number of nitrogens with two attached hydrogens (primary N) is 2. The summed E-state index contributed by atoms with van der Waals surface area (Å²) < 4.78 is 0. The van der Waals surface area contributed by atoms with Crippen LogP contribution in [0.5, 0.6) is 0 Å². The van der Waals surface area contributed by atoms with Crippen molar-refractivity contribution < 1.29 is 14.4 Å². The number of amides is 3. The molecule has 0 rings (SSSR count). The maximum atomic E-state index is 10.6. The number of hydrazine groups is 2. The van der Waals surface area contributed by atoms with Gasteiger partial charge in [-0.25, -0.2) is 11.7 Å². The summed E-state index contributed by atoms with van der Waals surface area (Å²) >= 11 is 0. The Bertz CT molecular complexity index is 300. The van der Waals surface area contributed by atoms with Crippen LogP contribution in [-0.4, -0.2) is 23.8 Å². The molecule has 0 aliphatic rings. The van der Waals surface area contributed by atoms with E-state index in [1.807, 2.05) is 24.7 Å². The van der Waals surface area contributed by atoms with E-state index in [0.717, 1.165) is 0 Å². The Kier molecular flexibility index (Phi) is 13.8. The third kappa shape index (κ3) is 16.1. The number of hydrogen-bond acceptors (Lipinski definition) is 5. The Labute approximate surface area is 119 Å². The van der Waals surface area contributed by atoms with E-state index in [2.05, 4.69) is 11.9 Å². The summed E-state index contributed by atoms with van der Waals surface area (Å²) in [7, 11) is 0. The Morgan fingerprint density at radius 3 is 1.65 bits per heavy atom. The first-order chi connectivity index (χ1) is 9.37. The molecule has 116 valence electrons. The lowest BCUT2D eigenvalue weighted by Crippen LogP contribution is -2.30. The minimum atomic E-state index is -0.219. The number of rotatable bonds is 7. The van der Waals surface area contributed by atoms with Crippen LogP contribution in [0.4, 0.5) is 0 Å². The van der Waals surface area contributed by atoms with Crippen LogP contribution in [0.15, 0.2) is 12.7 Å². The molecule has 0 unspecified atom stereocenters. The molecule has 0 saturated heterocycles. The highest BCUT2D eigenvalue weighted by Gasteiger charge is 2.00. The molecule has 7 N–H and O–H groups in total. The minimum Gasteiger partial charge on any atom is -0.350 e. The molecule has 0 spiro atoms. The van der Waals surface area contributed by atoms with Crippen molar-refractivity contribution in [2.24, 2.45) is 11.7 Å². The van der Waals surface area contributed by atoms with Crippen LogP contribution in [0.25, 0.3) is 0 Å². The summed E-state index contributed by atoms with van der Waals surface area (Å²) in [5.41, 5.74) is 4.01. The number of carbonyl (C=O) groups excluding carboxylic acids is 3. The highest BCUT2D eigenvalue weighted by atomic mass is 16.2. The molecule has 0 aromatic heterocycles. The average molecular weight is 287 g/mol. The molecule has 3 amide bonds. The van der Waals surface area contributed by atoms with Crippen LogP contribution in [0.3, 0.4) is 0 Å². The van der Waals surface area contributed by atoms with Gasteiger partial charge in [-0.15, -0.1) is 0 Å². The lowest BCUT2D eigenvalue weighted by molar-refractivity contribution is -0.123. The third-order valence-corrected chi connectivity index (χ3v) is 2.00. The second-order valence-corrected chi connectivity index (χ2v) is 4.21. The van der Waals surface area contributed by atoms with E-state index in [9.17, 15) is 14.4 Å². The summed E-state index contributed by atoms with van der Waals surface area (Å²) in [4.78, 5) is 31.5. The van der Waals surface area contributed by atoms with Gasteiger partial charge in [0.2, 0.25) is 17.7 Å². The second kappa shape index (κ2) is 13.5. The molecule has 0 radical (unpaired) electrons. The van der Waals surface area contributed by atoms with Crippen molar-refractivity contribution in [1.82, 2.24) is 16.2 Å². The van der Waals surface area contributed by atoms with Crippen molar-refractivity contribution in [3.05, 3.63) is 12.7 Å². The van der Waals surface area contributed by atoms with Crippen molar-refractivity contribution in [3.8, 4) is 0 Å². The van der Waals surface area contributed by atoms with Gasteiger partial charge in [-0.2, -0.15) is 0 Å². The van der Waals surface area contributed by atoms with Crippen LogP contribution in [-0.2, 0) is 14.4 Å². The lowest BCUT2D eigenvalue weighted by atomic mass is 10.2. The van der Waals surface area contributed by atoms with Gasteiger partial charge in [0.15, 0.2) is 0 Å². The van der Waals surface area contributed by atoms with Crippen molar-refractivity contribution in [2.45, 2.75) is 45.6 Å². The monoisotopic (exact) mass is 287 g/mol. The molecule has 0 saturated carbocycles. The van der Waals surface area contributed by atoms with Gasteiger partial charge in [0.1, 0.15) is 0 Å². The summed E-state index contributed by atoms with van der Waals surface area (Å²) in [6, 6.07) is 0.209. The van der Waals surface area contributed by atoms with Crippen molar-refractivity contribution in [1.29, 1.82) is 0 Å². The van der Waals surface area contributed by atoms with Crippen LogP contribution in [0.2, 0.25) is 0 Å². The van der Waals surface area contributed by atoms with E-state index < -0.39 is 0 Å². The number of nitrogens with one attached hydrogen (secondary N) is 3. The first kappa shape index (κ1) is 20.4. The molecule has 0 bridgehead atoms. The summed E-state index contributed by atoms with van der Waals surface area (Å²) in [5, 5.41) is 2.64. The predicted octanol–water partition coefficient (Wildman–Crippen LogP) is -0.776. The SMILES string of the molecule is C=CC(=O)NC(C)C.NNC(=O)CCCCC(=O)NN. The molecule has 8 nitrogen and oxygen atoms in total. The molecule has 8 heteroatoms. The Hall–Kier alpha value is -1.93. The Morgan fingerprint density at radius 1 is 1.05 bits per heavy atom.